The molecule has 2 rings (SSSR count). The topological polar surface area (TPSA) is 79.8 Å². The van der Waals surface area contributed by atoms with Crippen molar-refractivity contribution in [1.82, 2.24) is 10.7 Å². The molecular formula is C17H23N3O3. The Morgan fingerprint density at radius 1 is 1.26 bits per heavy atom. The summed E-state index contributed by atoms with van der Waals surface area (Å²) in [4.78, 5) is 23.6. The first-order valence-electron chi connectivity index (χ1n) is 7.93. The Morgan fingerprint density at radius 2 is 2.00 bits per heavy atom. The van der Waals surface area contributed by atoms with Crippen LogP contribution in [-0.2, 0) is 9.59 Å². The van der Waals surface area contributed by atoms with Crippen LogP contribution in [0.25, 0.3) is 0 Å². The van der Waals surface area contributed by atoms with Gasteiger partial charge in [-0.15, -0.1) is 0 Å². The lowest BCUT2D eigenvalue weighted by Crippen LogP contribution is -2.38. The predicted octanol–water partition coefficient (Wildman–Crippen LogP) is 1.84. The number of amides is 2. The lowest BCUT2D eigenvalue weighted by Gasteiger charge is -2.20. The van der Waals surface area contributed by atoms with Crippen molar-refractivity contribution in [2.24, 2.45) is 11.0 Å². The molecule has 0 radical (unpaired) electrons. The molecule has 1 aromatic carbocycles. The number of methoxy groups -OCH3 is 1. The molecule has 2 amide bonds. The summed E-state index contributed by atoms with van der Waals surface area (Å²) < 4.78 is 5.19. The zero-order chi connectivity index (χ0) is 16.5. The standard InChI is InChI=1S/C17H23N3O3/c1-23-15-10-6-5-9-14(15)11-19-20-16(21)12-18-17(22)13-7-3-2-4-8-13/h5-6,9-11,13H,2-4,7-8,12H2,1H3,(H,18,22)(H,20,21). The molecule has 23 heavy (non-hydrogen) atoms. The number of carbonyl (C=O) groups is 2. The molecule has 0 atom stereocenters. The second-order valence-corrected chi connectivity index (χ2v) is 5.59. The Kier molecular flexibility index (Phi) is 6.59. The second kappa shape index (κ2) is 8.92. The Hall–Kier alpha value is -2.37. The number of para-hydroxylation sites is 1. The number of benzene rings is 1. The zero-order valence-corrected chi connectivity index (χ0v) is 13.4. The molecule has 1 saturated carbocycles. The molecule has 0 bridgehead atoms. The molecule has 6 heteroatoms. The van der Waals surface area contributed by atoms with E-state index in [2.05, 4.69) is 15.8 Å². The average Bonchev–Trinajstić information content (AvgIpc) is 2.61. The SMILES string of the molecule is COc1ccccc1C=NNC(=O)CNC(=O)C1CCCCC1. The number of carbonyl (C=O) groups excluding carboxylic acids is 2. The maximum atomic E-state index is 11.9. The van der Waals surface area contributed by atoms with Crippen LogP contribution in [0.3, 0.4) is 0 Å². The summed E-state index contributed by atoms with van der Waals surface area (Å²) in [7, 11) is 1.58. The van der Waals surface area contributed by atoms with E-state index in [4.69, 9.17) is 4.74 Å². The van der Waals surface area contributed by atoms with Gasteiger partial charge < -0.3 is 10.1 Å². The van der Waals surface area contributed by atoms with Crippen LogP contribution in [0.2, 0.25) is 0 Å². The molecule has 6 nitrogen and oxygen atoms in total. The van der Waals surface area contributed by atoms with Crippen molar-refractivity contribution in [3.05, 3.63) is 29.8 Å². The molecule has 0 aromatic heterocycles. The lowest BCUT2D eigenvalue weighted by atomic mass is 9.89. The van der Waals surface area contributed by atoms with Gasteiger partial charge in [0.25, 0.3) is 5.91 Å². The first-order valence-corrected chi connectivity index (χ1v) is 7.93. The largest absolute Gasteiger partial charge is 0.496 e. The van der Waals surface area contributed by atoms with Crippen molar-refractivity contribution in [2.75, 3.05) is 13.7 Å². The Balaban J connectivity index is 1.74. The minimum atomic E-state index is -0.347. The quantitative estimate of drug-likeness (QED) is 0.620. The van der Waals surface area contributed by atoms with Crippen molar-refractivity contribution < 1.29 is 14.3 Å². The molecule has 0 unspecified atom stereocenters. The monoisotopic (exact) mass is 317 g/mol. The first-order chi connectivity index (χ1) is 11.2. The van der Waals surface area contributed by atoms with Crippen molar-refractivity contribution in [2.45, 2.75) is 32.1 Å². The van der Waals surface area contributed by atoms with Gasteiger partial charge in [0.2, 0.25) is 5.91 Å². The van der Waals surface area contributed by atoms with Gasteiger partial charge in [-0.2, -0.15) is 5.10 Å². The van der Waals surface area contributed by atoms with Gasteiger partial charge in [-0.25, -0.2) is 5.43 Å². The highest BCUT2D eigenvalue weighted by Gasteiger charge is 2.21. The van der Waals surface area contributed by atoms with E-state index in [1.807, 2.05) is 24.3 Å². The van der Waals surface area contributed by atoms with Gasteiger partial charge in [-0.05, 0) is 25.0 Å². The minimum absolute atomic E-state index is 0.0337. The summed E-state index contributed by atoms with van der Waals surface area (Å²) in [5.41, 5.74) is 3.17. The van der Waals surface area contributed by atoms with Crippen molar-refractivity contribution in [3.8, 4) is 5.75 Å². The average molecular weight is 317 g/mol. The van der Waals surface area contributed by atoms with Gasteiger partial charge in [0.05, 0.1) is 19.9 Å². The second-order valence-electron chi connectivity index (χ2n) is 5.59. The number of nitrogens with one attached hydrogen (secondary N) is 2. The van der Waals surface area contributed by atoms with Crippen LogP contribution in [0.5, 0.6) is 5.75 Å². The van der Waals surface area contributed by atoms with Crippen LogP contribution >= 0.6 is 0 Å². The number of rotatable bonds is 6. The number of nitrogens with zero attached hydrogens (tertiary/aromatic N) is 1. The molecule has 1 aliphatic rings. The summed E-state index contributed by atoms with van der Waals surface area (Å²) in [6, 6.07) is 7.36. The number of hydrogen-bond acceptors (Lipinski definition) is 4. The molecule has 124 valence electrons. The van der Waals surface area contributed by atoms with E-state index in [9.17, 15) is 9.59 Å². The van der Waals surface area contributed by atoms with E-state index >= 15 is 0 Å². The van der Waals surface area contributed by atoms with Crippen molar-refractivity contribution >= 4 is 18.0 Å². The maximum absolute atomic E-state index is 11.9. The fraction of sp³-hybridized carbons (Fsp3) is 0.471. The summed E-state index contributed by atoms with van der Waals surface area (Å²) >= 11 is 0. The molecular weight excluding hydrogens is 294 g/mol. The Bertz CT molecular complexity index is 566. The van der Waals surface area contributed by atoms with Gasteiger partial charge in [-0.1, -0.05) is 31.4 Å². The highest BCUT2D eigenvalue weighted by molar-refractivity contribution is 5.87. The zero-order valence-electron chi connectivity index (χ0n) is 13.4. The maximum Gasteiger partial charge on any atom is 0.259 e. The van der Waals surface area contributed by atoms with E-state index in [0.29, 0.717) is 5.75 Å². The number of ether oxygens (including phenoxy) is 1. The van der Waals surface area contributed by atoms with E-state index < -0.39 is 0 Å². The van der Waals surface area contributed by atoms with Crippen molar-refractivity contribution in [3.63, 3.8) is 0 Å². The van der Waals surface area contributed by atoms with Gasteiger partial charge in [0, 0.05) is 11.5 Å². The molecule has 1 aromatic rings. The third kappa shape index (κ3) is 5.39. The van der Waals surface area contributed by atoms with Gasteiger partial charge in [-0.3, -0.25) is 9.59 Å². The minimum Gasteiger partial charge on any atom is -0.496 e. The Labute approximate surface area is 136 Å². The number of hydrazone groups is 1. The first kappa shape index (κ1) is 17.0. The van der Waals surface area contributed by atoms with Crippen LogP contribution < -0.4 is 15.5 Å². The van der Waals surface area contributed by atoms with Crippen LogP contribution in [0.1, 0.15) is 37.7 Å². The smallest absolute Gasteiger partial charge is 0.259 e. The fourth-order valence-corrected chi connectivity index (χ4v) is 2.66. The highest BCUT2D eigenvalue weighted by Crippen LogP contribution is 2.23. The Morgan fingerprint density at radius 3 is 2.74 bits per heavy atom. The van der Waals surface area contributed by atoms with E-state index in [1.54, 1.807) is 7.11 Å². The summed E-state index contributed by atoms with van der Waals surface area (Å²) in [6.45, 7) is -0.0569. The number of hydrogen-bond donors (Lipinski definition) is 2. The molecule has 0 spiro atoms. The van der Waals surface area contributed by atoms with Crippen LogP contribution in [0.4, 0.5) is 0 Å². The summed E-state index contributed by atoms with van der Waals surface area (Å²) in [6.07, 6.45) is 6.72. The van der Waals surface area contributed by atoms with Gasteiger partial charge >= 0.3 is 0 Å². The normalized spacial score (nSPS) is 15.3. The predicted molar refractivity (Wildman–Crippen MR) is 88.3 cm³/mol. The fourth-order valence-electron chi connectivity index (χ4n) is 2.66. The van der Waals surface area contributed by atoms with E-state index in [0.717, 1.165) is 31.2 Å². The van der Waals surface area contributed by atoms with Crippen LogP contribution in [0.15, 0.2) is 29.4 Å². The molecule has 1 aliphatic carbocycles. The lowest BCUT2D eigenvalue weighted by molar-refractivity contribution is -0.129. The van der Waals surface area contributed by atoms with Crippen molar-refractivity contribution in [1.29, 1.82) is 0 Å². The van der Waals surface area contributed by atoms with E-state index in [1.165, 1.54) is 12.6 Å². The third-order valence-corrected chi connectivity index (χ3v) is 3.93. The molecule has 2 N–H and O–H groups in total. The van der Waals surface area contributed by atoms with Gasteiger partial charge in [0.1, 0.15) is 5.75 Å². The third-order valence-electron chi connectivity index (χ3n) is 3.93. The van der Waals surface area contributed by atoms with Gasteiger partial charge in [0.15, 0.2) is 0 Å². The highest BCUT2D eigenvalue weighted by atomic mass is 16.5. The van der Waals surface area contributed by atoms with Crippen LogP contribution in [0, 0.1) is 5.92 Å². The molecule has 1 fully saturated rings. The summed E-state index contributed by atoms with van der Waals surface area (Å²) in [5.74, 6) is 0.346. The summed E-state index contributed by atoms with van der Waals surface area (Å²) in [5, 5.41) is 6.56. The molecule has 0 saturated heterocycles. The molecule has 0 heterocycles. The van der Waals surface area contributed by atoms with Crippen LogP contribution in [-0.4, -0.2) is 31.7 Å². The molecule has 0 aliphatic heterocycles. The van der Waals surface area contributed by atoms with E-state index in [-0.39, 0.29) is 24.3 Å².